The maximum absolute atomic E-state index is 9.13. The van der Waals surface area contributed by atoms with Crippen molar-refractivity contribution in [2.24, 2.45) is 5.92 Å². The van der Waals surface area contributed by atoms with Gasteiger partial charge in [-0.1, -0.05) is 30.3 Å². The highest BCUT2D eigenvalue weighted by atomic mass is 16.3. The third-order valence-corrected chi connectivity index (χ3v) is 2.40. The first-order chi connectivity index (χ1) is 6.86. The molecule has 2 N–H and O–H groups in total. The van der Waals surface area contributed by atoms with Crippen molar-refractivity contribution in [3.8, 4) is 0 Å². The third-order valence-electron chi connectivity index (χ3n) is 2.40. The standard InChI is InChI=1S/C12H18O2/c13-8-4-7-12(10-14)9-11-5-2-1-3-6-11/h1-3,5-6,12-14H,4,7-10H2/t12-/m1/s1. The number of hydrogen-bond acceptors (Lipinski definition) is 2. The smallest absolute Gasteiger partial charge is 0.0462 e. The van der Waals surface area contributed by atoms with Crippen molar-refractivity contribution >= 4 is 0 Å². The third kappa shape index (κ3) is 3.90. The Hall–Kier alpha value is -0.860. The lowest BCUT2D eigenvalue weighted by Gasteiger charge is -2.12. The molecule has 14 heavy (non-hydrogen) atoms. The molecule has 0 saturated heterocycles. The van der Waals surface area contributed by atoms with E-state index in [1.54, 1.807) is 0 Å². The Labute approximate surface area is 85.2 Å². The molecule has 0 amide bonds. The topological polar surface area (TPSA) is 40.5 Å². The highest BCUT2D eigenvalue weighted by Crippen LogP contribution is 2.13. The molecule has 0 aliphatic carbocycles. The van der Waals surface area contributed by atoms with Gasteiger partial charge in [-0.15, -0.1) is 0 Å². The fraction of sp³-hybridized carbons (Fsp3) is 0.500. The van der Waals surface area contributed by atoms with Crippen LogP contribution in [0.4, 0.5) is 0 Å². The summed E-state index contributed by atoms with van der Waals surface area (Å²) in [6.45, 7) is 0.417. The molecule has 2 heteroatoms. The summed E-state index contributed by atoms with van der Waals surface area (Å²) in [7, 11) is 0. The molecule has 78 valence electrons. The van der Waals surface area contributed by atoms with Gasteiger partial charge in [-0.2, -0.15) is 0 Å². The van der Waals surface area contributed by atoms with E-state index in [0.29, 0.717) is 0 Å². The van der Waals surface area contributed by atoms with Crippen LogP contribution in [0, 0.1) is 5.92 Å². The van der Waals surface area contributed by atoms with E-state index < -0.39 is 0 Å². The molecule has 0 fully saturated rings. The van der Waals surface area contributed by atoms with Crippen molar-refractivity contribution in [1.82, 2.24) is 0 Å². The van der Waals surface area contributed by atoms with Crippen LogP contribution in [0.25, 0.3) is 0 Å². The monoisotopic (exact) mass is 194 g/mol. The maximum Gasteiger partial charge on any atom is 0.0462 e. The Morgan fingerprint density at radius 2 is 1.79 bits per heavy atom. The number of benzene rings is 1. The minimum Gasteiger partial charge on any atom is -0.396 e. The summed E-state index contributed by atoms with van der Waals surface area (Å²) in [5.74, 6) is 0.282. The van der Waals surface area contributed by atoms with Crippen LogP contribution in [0.5, 0.6) is 0 Å². The second kappa shape index (κ2) is 6.57. The SMILES string of the molecule is OCCC[C@@H](CO)Cc1ccccc1. The van der Waals surface area contributed by atoms with Crippen LogP contribution in [0.2, 0.25) is 0 Å². The van der Waals surface area contributed by atoms with E-state index >= 15 is 0 Å². The second-order valence-electron chi connectivity index (χ2n) is 3.60. The minimum absolute atomic E-state index is 0.203. The molecular formula is C12H18O2. The molecule has 1 rings (SSSR count). The second-order valence-corrected chi connectivity index (χ2v) is 3.60. The Morgan fingerprint density at radius 3 is 2.36 bits per heavy atom. The molecule has 0 spiro atoms. The van der Waals surface area contributed by atoms with E-state index in [2.05, 4.69) is 12.1 Å². The van der Waals surface area contributed by atoms with E-state index in [1.165, 1.54) is 5.56 Å². The number of hydrogen-bond donors (Lipinski definition) is 2. The lowest BCUT2D eigenvalue weighted by molar-refractivity contribution is 0.201. The summed E-state index contributed by atoms with van der Waals surface area (Å²) in [5.41, 5.74) is 1.25. The molecule has 2 nitrogen and oxygen atoms in total. The normalized spacial score (nSPS) is 12.7. The summed E-state index contributed by atoms with van der Waals surface area (Å²) < 4.78 is 0. The fourth-order valence-corrected chi connectivity index (χ4v) is 1.59. The molecule has 0 aliphatic rings. The molecular weight excluding hydrogens is 176 g/mol. The molecule has 1 aromatic rings. The van der Waals surface area contributed by atoms with Gasteiger partial charge < -0.3 is 10.2 Å². The molecule has 0 aliphatic heterocycles. The van der Waals surface area contributed by atoms with Gasteiger partial charge in [-0.05, 0) is 30.7 Å². The average molecular weight is 194 g/mol. The first-order valence-electron chi connectivity index (χ1n) is 5.12. The van der Waals surface area contributed by atoms with Crippen LogP contribution in [0.15, 0.2) is 30.3 Å². The van der Waals surface area contributed by atoms with Gasteiger partial charge in [0, 0.05) is 13.2 Å². The van der Waals surface area contributed by atoms with E-state index in [-0.39, 0.29) is 19.1 Å². The van der Waals surface area contributed by atoms with E-state index in [0.717, 1.165) is 19.3 Å². The summed E-state index contributed by atoms with van der Waals surface area (Å²) in [6.07, 6.45) is 2.57. The van der Waals surface area contributed by atoms with Crippen LogP contribution in [-0.2, 0) is 6.42 Å². The molecule has 0 saturated carbocycles. The predicted molar refractivity (Wildman–Crippen MR) is 57.0 cm³/mol. The Morgan fingerprint density at radius 1 is 1.07 bits per heavy atom. The van der Waals surface area contributed by atoms with Gasteiger partial charge in [0.15, 0.2) is 0 Å². The van der Waals surface area contributed by atoms with Crippen molar-refractivity contribution in [3.63, 3.8) is 0 Å². The zero-order valence-corrected chi connectivity index (χ0v) is 8.39. The van der Waals surface area contributed by atoms with E-state index in [4.69, 9.17) is 10.2 Å². The zero-order valence-electron chi connectivity index (χ0n) is 8.39. The van der Waals surface area contributed by atoms with Crippen LogP contribution >= 0.6 is 0 Å². The maximum atomic E-state index is 9.13. The van der Waals surface area contributed by atoms with Gasteiger partial charge >= 0.3 is 0 Å². The van der Waals surface area contributed by atoms with Crippen LogP contribution in [-0.4, -0.2) is 23.4 Å². The van der Waals surface area contributed by atoms with Crippen molar-refractivity contribution in [2.45, 2.75) is 19.3 Å². The largest absolute Gasteiger partial charge is 0.396 e. The van der Waals surface area contributed by atoms with Crippen LogP contribution in [0.1, 0.15) is 18.4 Å². The fourth-order valence-electron chi connectivity index (χ4n) is 1.59. The highest BCUT2D eigenvalue weighted by Gasteiger charge is 2.07. The predicted octanol–water partition coefficient (Wildman–Crippen LogP) is 1.61. The van der Waals surface area contributed by atoms with E-state index in [9.17, 15) is 0 Å². The van der Waals surface area contributed by atoms with Gasteiger partial charge in [0.1, 0.15) is 0 Å². The summed E-state index contributed by atoms with van der Waals surface area (Å²) >= 11 is 0. The van der Waals surface area contributed by atoms with Gasteiger partial charge in [0.2, 0.25) is 0 Å². The first-order valence-corrected chi connectivity index (χ1v) is 5.12. The Kier molecular flexibility index (Phi) is 5.27. The number of aliphatic hydroxyl groups excluding tert-OH is 2. The quantitative estimate of drug-likeness (QED) is 0.722. The van der Waals surface area contributed by atoms with Crippen LogP contribution < -0.4 is 0 Å². The summed E-state index contributed by atoms with van der Waals surface area (Å²) in [6, 6.07) is 10.2. The molecule has 0 bridgehead atoms. The minimum atomic E-state index is 0.203. The van der Waals surface area contributed by atoms with Crippen molar-refractivity contribution in [1.29, 1.82) is 0 Å². The van der Waals surface area contributed by atoms with Gasteiger partial charge in [0.05, 0.1) is 0 Å². The van der Waals surface area contributed by atoms with Crippen molar-refractivity contribution in [3.05, 3.63) is 35.9 Å². The lowest BCUT2D eigenvalue weighted by Crippen LogP contribution is -2.10. The van der Waals surface area contributed by atoms with Crippen LogP contribution in [0.3, 0.4) is 0 Å². The lowest BCUT2D eigenvalue weighted by atomic mass is 9.96. The van der Waals surface area contributed by atoms with Crippen molar-refractivity contribution < 1.29 is 10.2 Å². The molecule has 0 radical (unpaired) electrons. The number of aliphatic hydroxyl groups is 2. The Balaban J connectivity index is 2.40. The summed E-state index contributed by atoms with van der Waals surface area (Å²) in [4.78, 5) is 0. The van der Waals surface area contributed by atoms with E-state index in [1.807, 2.05) is 18.2 Å². The number of rotatable bonds is 6. The molecule has 0 aromatic heterocycles. The highest BCUT2D eigenvalue weighted by molar-refractivity contribution is 5.15. The van der Waals surface area contributed by atoms with Crippen molar-refractivity contribution in [2.75, 3.05) is 13.2 Å². The molecule has 0 heterocycles. The zero-order chi connectivity index (χ0) is 10.2. The molecule has 0 unspecified atom stereocenters. The van der Waals surface area contributed by atoms with Gasteiger partial charge in [0.25, 0.3) is 0 Å². The molecule has 1 aromatic carbocycles. The Bertz CT molecular complexity index is 233. The first kappa shape index (κ1) is 11.2. The van der Waals surface area contributed by atoms with Gasteiger partial charge in [-0.3, -0.25) is 0 Å². The average Bonchev–Trinajstić information content (AvgIpc) is 2.25. The summed E-state index contributed by atoms with van der Waals surface area (Å²) in [5, 5.41) is 17.8. The molecule has 1 atom stereocenters. The van der Waals surface area contributed by atoms with Gasteiger partial charge in [-0.25, -0.2) is 0 Å².